The van der Waals surface area contributed by atoms with Crippen LogP contribution in [0.5, 0.6) is 5.75 Å². The Bertz CT molecular complexity index is 855. The summed E-state index contributed by atoms with van der Waals surface area (Å²) in [5.74, 6) is 3.89. The number of rotatable bonds is 7. The summed E-state index contributed by atoms with van der Waals surface area (Å²) >= 11 is 0. The molecular formula is C26H35N3O3. The molecule has 1 aromatic carbocycles. The van der Waals surface area contributed by atoms with E-state index in [1.54, 1.807) is 7.11 Å². The third-order valence-corrected chi connectivity index (χ3v) is 8.15. The Hall–Kier alpha value is -2.34. The molecule has 1 aliphatic heterocycles. The minimum Gasteiger partial charge on any atom is -0.496 e. The normalized spacial score (nSPS) is 34.0. The van der Waals surface area contributed by atoms with Gasteiger partial charge in [0, 0.05) is 31.2 Å². The van der Waals surface area contributed by atoms with E-state index in [0.717, 1.165) is 29.7 Å². The van der Waals surface area contributed by atoms with Gasteiger partial charge in [-0.25, -0.2) is 0 Å². The maximum atomic E-state index is 13.0. The molecule has 1 heterocycles. The van der Waals surface area contributed by atoms with Gasteiger partial charge in [0.2, 0.25) is 11.8 Å². The second kappa shape index (κ2) is 9.26. The van der Waals surface area contributed by atoms with Gasteiger partial charge in [-0.1, -0.05) is 30.4 Å². The van der Waals surface area contributed by atoms with Crippen LogP contribution in [0.25, 0.3) is 6.08 Å². The number of nitrogens with zero attached hydrogens (tertiary/aromatic N) is 1. The summed E-state index contributed by atoms with van der Waals surface area (Å²) in [5.41, 5.74) is 1.01. The van der Waals surface area contributed by atoms with Gasteiger partial charge in [-0.3, -0.25) is 14.5 Å². The van der Waals surface area contributed by atoms with Crippen molar-refractivity contribution in [3.63, 3.8) is 0 Å². The van der Waals surface area contributed by atoms with Crippen molar-refractivity contribution in [3.8, 4) is 5.75 Å². The highest BCUT2D eigenvalue weighted by Gasteiger charge is 2.48. The summed E-state index contributed by atoms with van der Waals surface area (Å²) < 4.78 is 5.41. The summed E-state index contributed by atoms with van der Waals surface area (Å²) in [6.07, 6.45) is 10.8. The van der Waals surface area contributed by atoms with Crippen molar-refractivity contribution < 1.29 is 14.3 Å². The van der Waals surface area contributed by atoms with Gasteiger partial charge < -0.3 is 15.4 Å². The van der Waals surface area contributed by atoms with Crippen LogP contribution in [0.3, 0.4) is 0 Å². The molecule has 6 rings (SSSR count). The Morgan fingerprint density at radius 2 is 1.88 bits per heavy atom. The Morgan fingerprint density at radius 3 is 2.59 bits per heavy atom. The molecule has 6 heteroatoms. The Kier molecular flexibility index (Phi) is 6.22. The summed E-state index contributed by atoms with van der Waals surface area (Å²) in [4.78, 5) is 27.8. The van der Waals surface area contributed by atoms with E-state index in [0.29, 0.717) is 31.0 Å². The molecule has 5 fully saturated rings. The molecule has 0 spiro atoms. The lowest BCUT2D eigenvalue weighted by Gasteiger charge is -2.54. The summed E-state index contributed by atoms with van der Waals surface area (Å²) in [6.45, 7) is 1.99. The first kappa shape index (κ1) is 21.5. The molecule has 4 saturated carbocycles. The predicted molar refractivity (Wildman–Crippen MR) is 124 cm³/mol. The fraction of sp³-hybridized carbons (Fsp3) is 0.615. The van der Waals surface area contributed by atoms with Gasteiger partial charge in [-0.05, 0) is 61.8 Å². The third kappa shape index (κ3) is 4.42. The van der Waals surface area contributed by atoms with Gasteiger partial charge in [-0.2, -0.15) is 0 Å². The first-order valence-electron chi connectivity index (χ1n) is 12.2. The number of methoxy groups -OCH3 is 1. The number of ether oxygens (including phenoxy) is 1. The molecule has 1 saturated heterocycles. The van der Waals surface area contributed by atoms with Gasteiger partial charge in [0.1, 0.15) is 5.75 Å². The number of nitrogens with one attached hydrogen (secondary N) is 2. The van der Waals surface area contributed by atoms with E-state index in [9.17, 15) is 9.59 Å². The number of carbonyl (C=O) groups excluding carboxylic acids is 2. The zero-order valence-corrected chi connectivity index (χ0v) is 19.0. The Morgan fingerprint density at radius 1 is 1.16 bits per heavy atom. The summed E-state index contributed by atoms with van der Waals surface area (Å²) in [7, 11) is 1.67. The quantitative estimate of drug-likeness (QED) is 0.688. The molecule has 1 atom stereocenters. The molecule has 4 aliphatic carbocycles. The molecule has 0 aromatic heterocycles. The van der Waals surface area contributed by atoms with Crippen LogP contribution in [0.2, 0.25) is 0 Å². The smallest absolute Gasteiger partial charge is 0.237 e. The SMILES string of the molecule is COc1ccccc1/C=C/CN1CCNC(=O)C1CC(=O)NC1C2CC3CC(C2)CC1C3. The molecule has 6 nitrogen and oxygen atoms in total. The molecule has 2 amide bonds. The second-order valence-corrected chi connectivity index (χ2v) is 10.2. The first-order valence-corrected chi connectivity index (χ1v) is 12.2. The van der Waals surface area contributed by atoms with Gasteiger partial charge in [0.05, 0.1) is 19.6 Å². The molecule has 2 N–H and O–H groups in total. The molecule has 1 aromatic rings. The van der Waals surface area contributed by atoms with Crippen molar-refractivity contribution in [3.05, 3.63) is 35.9 Å². The Labute approximate surface area is 190 Å². The average molecular weight is 438 g/mol. The summed E-state index contributed by atoms with van der Waals surface area (Å²) in [6, 6.07) is 7.78. The number of benzene rings is 1. The van der Waals surface area contributed by atoms with Crippen LogP contribution in [0.1, 0.15) is 44.1 Å². The predicted octanol–water partition coefficient (Wildman–Crippen LogP) is 2.84. The maximum absolute atomic E-state index is 13.0. The minimum atomic E-state index is -0.414. The highest BCUT2D eigenvalue weighted by molar-refractivity contribution is 5.89. The molecule has 32 heavy (non-hydrogen) atoms. The highest BCUT2D eigenvalue weighted by Crippen LogP contribution is 2.53. The van der Waals surface area contributed by atoms with Gasteiger partial charge in [0.25, 0.3) is 0 Å². The molecule has 172 valence electrons. The lowest BCUT2D eigenvalue weighted by Crippen LogP contribution is -2.59. The van der Waals surface area contributed by atoms with Crippen molar-refractivity contribution in [2.24, 2.45) is 23.7 Å². The molecule has 1 unspecified atom stereocenters. The van der Waals surface area contributed by atoms with E-state index >= 15 is 0 Å². The zero-order chi connectivity index (χ0) is 22.1. The monoisotopic (exact) mass is 437 g/mol. The van der Waals surface area contributed by atoms with Crippen LogP contribution in [0.4, 0.5) is 0 Å². The van der Waals surface area contributed by atoms with Crippen molar-refractivity contribution in [1.29, 1.82) is 0 Å². The third-order valence-electron chi connectivity index (χ3n) is 8.15. The van der Waals surface area contributed by atoms with Crippen molar-refractivity contribution in [2.75, 3.05) is 26.7 Å². The number of piperazine rings is 1. The van der Waals surface area contributed by atoms with E-state index in [-0.39, 0.29) is 18.2 Å². The van der Waals surface area contributed by atoms with E-state index in [1.165, 1.54) is 32.1 Å². The molecular weight excluding hydrogens is 402 g/mol. The number of hydrogen-bond donors (Lipinski definition) is 2. The maximum Gasteiger partial charge on any atom is 0.237 e. The van der Waals surface area contributed by atoms with E-state index in [2.05, 4.69) is 21.6 Å². The standard InChI is InChI=1S/C26H35N3O3/c1-32-23-7-3-2-5-19(23)6-4-9-29-10-8-27-26(31)22(29)16-24(30)28-25-20-12-17-11-18(14-20)15-21(25)13-17/h2-7,17-18,20-22,25H,8-16H2,1H3,(H,27,31)(H,28,30)/b6-4+. The number of amides is 2. The van der Waals surface area contributed by atoms with Gasteiger partial charge >= 0.3 is 0 Å². The van der Waals surface area contributed by atoms with E-state index in [1.807, 2.05) is 30.3 Å². The van der Waals surface area contributed by atoms with Crippen LogP contribution >= 0.6 is 0 Å². The van der Waals surface area contributed by atoms with Crippen molar-refractivity contribution >= 4 is 17.9 Å². The molecule has 0 radical (unpaired) electrons. The van der Waals surface area contributed by atoms with Crippen LogP contribution in [0, 0.1) is 23.7 Å². The van der Waals surface area contributed by atoms with Crippen molar-refractivity contribution in [1.82, 2.24) is 15.5 Å². The second-order valence-electron chi connectivity index (χ2n) is 10.2. The lowest BCUT2D eigenvalue weighted by atomic mass is 9.54. The lowest BCUT2D eigenvalue weighted by molar-refractivity contribution is -0.135. The topological polar surface area (TPSA) is 70.7 Å². The van der Waals surface area contributed by atoms with Gasteiger partial charge in [-0.15, -0.1) is 0 Å². The summed E-state index contributed by atoms with van der Waals surface area (Å²) in [5, 5.41) is 6.31. The highest BCUT2D eigenvalue weighted by atomic mass is 16.5. The van der Waals surface area contributed by atoms with E-state index < -0.39 is 6.04 Å². The first-order chi connectivity index (χ1) is 15.6. The molecule has 5 aliphatic rings. The minimum absolute atomic E-state index is 0.0308. The molecule has 4 bridgehead atoms. The average Bonchev–Trinajstić information content (AvgIpc) is 2.78. The number of carbonyl (C=O) groups is 2. The fourth-order valence-corrected chi connectivity index (χ4v) is 6.90. The van der Waals surface area contributed by atoms with Crippen molar-refractivity contribution in [2.45, 2.75) is 50.6 Å². The largest absolute Gasteiger partial charge is 0.496 e. The number of hydrogen-bond acceptors (Lipinski definition) is 4. The fourth-order valence-electron chi connectivity index (χ4n) is 6.90. The van der Waals surface area contributed by atoms with Crippen LogP contribution in [-0.4, -0.2) is 55.5 Å². The number of para-hydroxylation sites is 1. The Balaban J connectivity index is 1.20. The van der Waals surface area contributed by atoms with Crippen LogP contribution < -0.4 is 15.4 Å². The van der Waals surface area contributed by atoms with Crippen LogP contribution in [0.15, 0.2) is 30.3 Å². The van der Waals surface area contributed by atoms with Gasteiger partial charge in [0.15, 0.2) is 0 Å². The van der Waals surface area contributed by atoms with Crippen LogP contribution in [-0.2, 0) is 9.59 Å². The van der Waals surface area contributed by atoms with E-state index in [4.69, 9.17) is 4.74 Å². The zero-order valence-electron chi connectivity index (χ0n) is 19.0.